The fourth-order valence-corrected chi connectivity index (χ4v) is 1.88. The third kappa shape index (κ3) is 3.46. The third-order valence-corrected chi connectivity index (χ3v) is 3.26. The molecule has 18 heavy (non-hydrogen) atoms. The highest BCUT2D eigenvalue weighted by atomic mass is 127. The molecule has 3 N–H and O–H groups in total. The lowest BCUT2D eigenvalue weighted by atomic mass is 10.2. The highest BCUT2D eigenvalue weighted by molar-refractivity contribution is 14.1. The topological polar surface area (TPSA) is 55.1 Å². The van der Waals surface area contributed by atoms with Crippen LogP contribution in [0.4, 0.5) is 5.69 Å². The van der Waals surface area contributed by atoms with Crippen molar-refractivity contribution in [3.8, 4) is 0 Å². The standard InChI is InChI=1S/C14H13IN2O/c15-12-5-3-11(4-6-12)14(18)17-9-10-1-7-13(16)8-2-10/h1-8H,9,16H2,(H,17,18). The van der Waals surface area contributed by atoms with Crippen molar-refractivity contribution in [1.29, 1.82) is 0 Å². The molecule has 0 saturated heterocycles. The Morgan fingerprint density at radius 1 is 1.06 bits per heavy atom. The van der Waals surface area contributed by atoms with Crippen LogP contribution in [0.2, 0.25) is 0 Å². The van der Waals surface area contributed by atoms with E-state index < -0.39 is 0 Å². The Balaban J connectivity index is 1.96. The van der Waals surface area contributed by atoms with Gasteiger partial charge in [-0.3, -0.25) is 4.79 Å². The molecule has 4 heteroatoms. The van der Waals surface area contributed by atoms with Crippen LogP contribution in [0.1, 0.15) is 15.9 Å². The van der Waals surface area contributed by atoms with E-state index in [4.69, 9.17) is 5.73 Å². The van der Waals surface area contributed by atoms with Crippen LogP contribution in [0.15, 0.2) is 48.5 Å². The summed E-state index contributed by atoms with van der Waals surface area (Å²) in [5.74, 6) is -0.0665. The second-order valence-electron chi connectivity index (χ2n) is 3.93. The first kappa shape index (κ1) is 12.9. The summed E-state index contributed by atoms with van der Waals surface area (Å²) in [4.78, 5) is 11.9. The van der Waals surface area contributed by atoms with Gasteiger partial charge in [0.15, 0.2) is 0 Å². The molecule has 0 unspecified atom stereocenters. The number of anilines is 1. The third-order valence-electron chi connectivity index (χ3n) is 2.54. The monoisotopic (exact) mass is 352 g/mol. The van der Waals surface area contributed by atoms with Gasteiger partial charge in [-0.25, -0.2) is 0 Å². The summed E-state index contributed by atoms with van der Waals surface area (Å²) in [5.41, 5.74) is 8.03. The Hall–Kier alpha value is -1.56. The molecular weight excluding hydrogens is 339 g/mol. The minimum atomic E-state index is -0.0665. The lowest BCUT2D eigenvalue weighted by Crippen LogP contribution is -2.22. The van der Waals surface area contributed by atoms with Gasteiger partial charge in [0, 0.05) is 21.4 Å². The van der Waals surface area contributed by atoms with Crippen molar-refractivity contribution in [2.75, 3.05) is 5.73 Å². The van der Waals surface area contributed by atoms with Gasteiger partial charge in [-0.2, -0.15) is 0 Å². The molecule has 1 amide bonds. The van der Waals surface area contributed by atoms with Gasteiger partial charge in [0.05, 0.1) is 0 Å². The van der Waals surface area contributed by atoms with Gasteiger partial charge in [-0.05, 0) is 64.6 Å². The molecule has 0 spiro atoms. The number of hydrogen-bond acceptors (Lipinski definition) is 2. The fourth-order valence-electron chi connectivity index (χ4n) is 1.52. The number of carbonyl (C=O) groups is 1. The number of nitrogen functional groups attached to an aromatic ring is 1. The van der Waals surface area contributed by atoms with Crippen molar-refractivity contribution in [3.63, 3.8) is 0 Å². The predicted octanol–water partition coefficient (Wildman–Crippen LogP) is 2.80. The summed E-state index contributed by atoms with van der Waals surface area (Å²) in [7, 11) is 0. The molecule has 0 saturated carbocycles. The molecule has 0 aliphatic carbocycles. The maximum atomic E-state index is 11.9. The zero-order valence-corrected chi connectivity index (χ0v) is 11.8. The first-order chi connectivity index (χ1) is 8.65. The van der Waals surface area contributed by atoms with Crippen molar-refractivity contribution < 1.29 is 4.79 Å². The molecule has 0 bridgehead atoms. The van der Waals surface area contributed by atoms with Crippen LogP contribution in [0, 0.1) is 3.57 Å². The van der Waals surface area contributed by atoms with E-state index in [0.717, 1.165) is 14.8 Å². The van der Waals surface area contributed by atoms with E-state index in [2.05, 4.69) is 27.9 Å². The van der Waals surface area contributed by atoms with E-state index in [1.807, 2.05) is 48.5 Å². The van der Waals surface area contributed by atoms with Crippen LogP contribution in [0.25, 0.3) is 0 Å². The number of nitrogens with one attached hydrogen (secondary N) is 1. The van der Waals surface area contributed by atoms with E-state index in [1.54, 1.807) is 0 Å². The molecule has 2 rings (SSSR count). The summed E-state index contributed by atoms with van der Waals surface area (Å²) in [6.07, 6.45) is 0. The summed E-state index contributed by atoms with van der Waals surface area (Å²) < 4.78 is 1.11. The van der Waals surface area contributed by atoms with Gasteiger partial charge in [0.2, 0.25) is 0 Å². The number of rotatable bonds is 3. The van der Waals surface area contributed by atoms with Crippen molar-refractivity contribution in [3.05, 3.63) is 63.2 Å². The molecule has 2 aromatic rings. The Morgan fingerprint density at radius 2 is 1.67 bits per heavy atom. The Kier molecular flexibility index (Phi) is 4.19. The van der Waals surface area contributed by atoms with Crippen LogP contribution in [0.3, 0.4) is 0 Å². The van der Waals surface area contributed by atoms with Gasteiger partial charge >= 0.3 is 0 Å². The zero-order valence-electron chi connectivity index (χ0n) is 9.69. The number of hydrogen-bond donors (Lipinski definition) is 2. The summed E-state index contributed by atoms with van der Waals surface area (Å²) in [6, 6.07) is 14.9. The maximum absolute atomic E-state index is 11.9. The molecule has 0 heterocycles. The minimum absolute atomic E-state index is 0.0665. The molecule has 0 aliphatic rings. The van der Waals surface area contributed by atoms with Crippen molar-refractivity contribution >= 4 is 34.2 Å². The predicted molar refractivity (Wildman–Crippen MR) is 81.2 cm³/mol. The van der Waals surface area contributed by atoms with Gasteiger partial charge in [0.25, 0.3) is 5.91 Å². The molecule has 0 atom stereocenters. The summed E-state index contributed by atoms with van der Waals surface area (Å²) >= 11 is 2.21. The van der Waals surface area contributed by atoms with E-state index in [0.29, 0.717) is 12.1 Å². The van der Waals surface area contributed by atoms with E-state index in [-0.39, 0.29) is 5.91 Å². The SMILES string of the molecule is Nc1ccc(CNC(=O)c2ccc(I)cc2)cc1. The number of carbonyl (C=O) groups excluding carboxylic acids is 1. The highest BCUT2D eigenvalue weighted by Gasteiger charge is 2.04. The van der Waals surface area contributed by atoms with Gasteiger partial charge in [0.1, 0.15) is 0 Å². The maximum Gasteiger partial charge on any atom is 0.251 e. The number of amides is 1. The lowest BCUT2D eigenvalue weighted by molar-refractivity contribution is 0.0951. The molecular formula is C14H13IN2O. The smallest absolute Gasteiger partial charge is 0.251 e. The van der Waals surface area contributed by atoms with Gasteiger partial charge in [-0.15, -0.1) is 0 Å². The van der Waals surface area contributed by atoms with Crippen LogP contribution >= 0.6 is 22.6 Å². The molecule has 0 fully saturated rings. The zero-order chi connectivity index (χ0) is 13.0. The molecule has 0 aliphatic heterocycles. The molecule has 92 valence electrons. The molecule has 2 aromatic carbocycles. The second-order valence-corrected chi connectivity index (χ2v) is 5.18. The average Bonchev–Trinajstić information content (AvgIpc) is 2.38. The minimum Gasteiger partial charge on any atom is -0.399 e. The first-order valence-corrected chi connectivity index (χ1v) is 6.61. The van der Waals surface area contributed by atoms with E-state index >= 15 is 0 Å². The summed E-state index contributed by atoms with van der Waals surface area (Å²) in [5, 5.41) is 2.87. The van der Waals surface area contributed by atoms with E-state index in [1.165, 1.54) is 0 Å². The number of nitrogens with two attached hydrogens (primary N) is 1. The fraction of sp³-hybridized carbons (Fsp3) is 0.0714. The Labute approximate surface area is 120 Å². The number of halogens is 1. The summed E-state index contributed by atoms with van der Waals surface area (Å²) in [6.45, 7) is 0.505. The highest BCUT2D eigenvalue weighted by Crippen LogP contribution is 2.08. The van der Waals surface area contributed by atoms with Gasteiger partial charge < -0.3 is 11.1 Å². The Morgan fingerprint density at radius 3 is 2.28 bits per heavy atom. The van der Waals surface area contributed by atoms with Crippen LogP contribution in [-0.2, 0) is 6.54 Å². The van der Waals surface area contributed by atoms with Crippen LogP contribution in [0.5, 0.6) is 0 Å². The van der Waals surface area contributed by atoms with Gasteiger partial charge in [-0.1, -0.05) is 12.1 Å². The van der Waals surface area contributed by atoms with Crippen molar-refractivity contribution in [2.45, 2.75) is 6.54 Å². The second kappa shape index (κ2) is 5.86. The quantitative estimate of drug-likeness (QED) is 0.659. The lowest BCUT2D eigenvalue weighted by Gasteiger charge is -2.05. The van der Waals surface area contributed by atoms with Crippen molar-refractivity contribution in [2.24, 2.45) is 0 Å². The Bertz CT molecular complexity index is 535. The van der Waals surface area contributed by atoms with E-state index in [9.17, 15) is 4.79 Å². The molecule has 3 nitrogen and oxygen atoms in total. The first-order valence-electron chi connectivity index (χ1n) is 5.53. The normalized spacial score (nSPS) is 10.1. The number of benzene rings is 2. The van der Waals surface area contributed by atoms with Crippen LogP contribution in [-0.4, -0.2) is 5.91 Å². The van der Waals surface area contributed by atoms with Crippen molar-refractivity contribution in [1.82, 2.24) is 5.32 Å². The average molecular weight is 352 g/mol. The molecule has 0 radical (unpaired) electrons. The molecule has 0 aromatic heterocycles. The largest absolute Gasteiger partial charge is 0.399 e. The van der Waals surface area contributed by atoms with Crippen LogP contribution < -0.4 is 11.1 Å².